The molecule has 3 N–H and O–H groups in total. The molecule has 0 amide bonds. The minimum absolute atomic E-state index is 0.0634. The van der Waals surface area contributed by atoms with Gasteiger partial charge in [-0.15, -0.1) is 5.10 Å². The van der Waals surface area contributed by atoms with Gasteiger partial charge >= 0.3 is 0 Å². The normalized spacial score (nSPS) is 10.9. The Labute approximate surface area is 142 Å². The molecule has 0 fully saturated rings. The maximum Gasteiger partial charge on any atom is 0.226 e. The highest BCUT2D eigenvalue weighted by Gasteiger charge is 2.13. The average molecular weight is 352 g/mol. The molecule has 0 saturated carbocycles. The Bertz CT molecular complexity index is 746. The maximum absolute atomic E-state index is 9.57. The van der Waals surface area contributed by atoms with E-state index in [-0.39, 0.29) is 16.8 Å². The van der Waals surface area contributed by atoms with Crippen molar-refractivity contribution in [2.24, 2.45) is 5.10 Å². The van der Waals surface area contributed by atoms with Gasteiger partial charge in [0, 0.05) is 7.05 Å². The summed E-state index contributed by atoms with van der Waals surface area (Å²) in [6.45, 7) is 0. The molecule has 1 aromatic heterocycles. The standard InChI is InChI=1S/C13H16N6O2S2/c1-18(13(22)19-11(14)16-12(17-19)23-3)15-7-8-4-5-9(20)10(6-8)21-2/h4-7,20H,1-3H3,(H2,14,16,17)/b15-7+. The van der Waals surface area contributed by atoms with Crippen LogP contribution in [0.25, 0.3) is 0 Å². The Morgan fingerprint density at radius 3 is 2.91 bits per heavy atom. The number of thiocarbonyl (C=S) groups is 1. The quantitative estimate of drug-likeness (QED) is 0.368. The van der Waals surface area contributed by atoms with E-state index in [9.17, 15) is 5.11 Å². The number of nitrogens with zero attached hydrogens (tertiary/aromatic N) is 5. The number of thioether (sulfide) groups is 1. The average Bonchev–Trinajstić information content (AvgIpc) is 2.94. The lowest BCUT2D eigenvalue weighted by atomic mass is 10.2. The first-order valence-electron chi connectivity index (χ1n) is 6.41. The smallest absolute Gasteiger partial charge is 0.226 e. The highest BCUT2D eigenvalue weighted by atomic mass is 32.2. The minimum atomic E-state index is 0.0634. The Morgan fingerprint density at radius 2 is 2.30 bits per heavy atom. The lowest BCUT2D eigenvalue weighted by Gasteiger charge is -2.13. The lowest BCUT2D eigenvalue weighted by Crippen LogP contribution is -2.28. The number of ether oxygens (including phenoxy) is 1. The number of methoxy groups -OCH3 is 1. The molecule has 0 atom stereocenters. The highest BCUT2D eigenvalue weighted by Crippen LogP contribution is 2.25. The molecule has 0 aliphatic carbocycles. The van der Waals surface area contributed by atoms with Crippen LogP contribution in [0.3, 0.4) is 0 Å². The van der Waals surface area contributed by atoms with E-state index in [2.05, 4.69) is 15.2 Å². The maximum atomic E-state index is 9.57. The predicted molar refractivity (Wildman–Crippen MR) is 94.2 cm³/mol. The third-order valence-corrected chi connectivity index (χ3v) is 3.81. The molecule has 0 bridgehead atoms. The van der Waals surface area contributed by atoms with Gasteiger partial charge in [-0.1, -0.05) is 11.8 Å². The molecule has 0 unspecified atom stereocenters. The van der Waals surface area contributed by atoms with Gasteiger partial charge in [-0.3, -0.25) is 0 Å². The van der Waals surface area contributed by atoms with Gasteiger partial charge in [0.05, 0.1) is 13.3 Å². The Morgan fingerprint density at radius 1 is 1.57 bits per heavy atom. The van der Waals surface area contributed by atoms with Crippen LogP contribution >= 0.6 is 24.0 Å². The van der Waals surface area contributed by atoms with Gasteiger partial charge in [0.15, 0.2) is 11.5 Å². The van der Waals surface area contributed by atoms with Crippen molar-refractivity contribution in [3.05, 3.63) is 23.8 Å². The number of benzene rings is 1. The van der Waals surface area contributed by atoms with Crippen LogP contribution in [-0.4, -0.2) is 56.6 Å². The van der Waals surface area contributed by atoms with Crippen molar-refractivity contribution >= 4 is 41.3 Å². The Kier molecular flexibility index (Phi) is 5.40. The van der Waals surface area contributed by atoms with Crippen molar-refractivity contribution in [3.63, 3.8) is 0 Å². The second-order valence-corrected chi connectivity index (χ2v) is 5.49. The third kappa shape index (κ3) is 3.90. The van der Waals surface area contributed by atoms with E-state index >= 15 is 0 Å². The molecule has 2 rings (SSSR count). The summed E-state index contributed by atoms with van der Waals surface area (Å²) in [4.78, 5) is 4.07. The van der Waals surface area contributed by atoms with Crippen LogP contribution in [0.2, 0.25) is 0 Å². The summed E-state index contributed by atoms with van der Waals surface area (Å²) in [5, 5.41) is 20.2. The molecule has 0 spiro atoms. The zero-order valence-corrected chi connectivity index (χ0v) is 14.4. The van der Waals surface area contributed by atoms with Crippen LogP contribution in [-0.2, 0) is 0 Å². The van der Waals surface area contributed by atoms with E-state index in [1.165, 1.54) is 34.6 Å². The number of aromatic hydroxyl groups is 1. The van der Waals surface area contributed by atoms with Crippen molar-refractivity contribution < 1.29 is 9.84 Å². The second kappa shape index (κ2) is 7.29. The largest absolute Gasteiger partial charge is 0.504 e. The number of hydrogen-bond acceptors (Lipinski definition) is 8. The summed E-state index contributed by atoms with van der Waals surface area (Å²) in [6.07, 6.45) is 3.43. The molecule has 0 aliphatic heterocycles. The number of hydrogen-bond donors (Lipinski definition) is 2. The second-order valence-electron chi connectivity index (χ2n) is 4.35. The first kappa shape index (κ1) is 17.0. The van der Waals surface area contributed by atoms with Gasteiger partial charge in [0.2, 0.25) is 16.2 Å². The van der Waals surface area contributed by atoms with E-state index in [1.54, 1.807) is 25.4 Å². The zero-order valence-electron chi connectivity index (χ0n) is 12.8. The van der Waals surface area contributed by atoms with Crippen molar-refractivity contribution in [2.75, 3.05) is 26.1 Å². The predicted octanol–water partition coefficient (Wildman–Crippen LogP) is 1.40. The van der Waals surface area contributed by atoms with Crippen LogP contribution in [0.5, 0.6) is 11.5 Å². The number of nitrogens with two attached hydrogens (primary N) is 1. The number of nitrogen functional groups attached to an aromatic ring is 1. The lowest BCUT2D eigenvalue weighted by molar-refractivity contribution is 0.373. The number of aromatic nitrogens is 3. The number of phenolic OH excluding ortho intramolecular Hbond substituents is 1. The van der Waals surface area contributed by atoms with Gasteiger partial charge < -0.3 is 15.6 Å². The molecular weight excluding hydrogens is 336 g/mol. The Hall–Kier alpha value is -2.33. The van der Waals surface area contributed by atoms with Crippen LogP contribution in [0.1, 0.15) is 5.56 Å². The van der Waals surface area contributed by atoms with E-state index in [1.807, 2.05) is 6.26 Å². The van der Waals surface area contributed by atoms with Crippen molar-refractivity contribution in [1.82, 2.24) is 19.8 Å². The topological polar surface area (TPSA) is 102 Å². The fraction of sp³-hybridized carbons (Fsp3) is 0.231. The van der Waals surface area contributed by atoms with Gasteiger partial charge in [-0.2, -0.15) is 14.8 Å². The van der Waals surface area contributed by atoms with Crippen molar-refractivity contribution in [2.45, 2.75) is 5.16 Å². The summed E-state index contributed by atoms with van der Waals surface area (Å²) in [5.41, 5.74) is 6.52. The van der Waals surface area contributed by atoms with Crippen LogP contribution < -0.4 is 10.5 Å². The van der Waals surface area contributed by atoms with Gasteiger partial charge in [0.25, 0.3) is 0 Å². The summed E-state index contributed by atoms with van der Waals surface area (Å²) in [5.74, 6) is 0.630. The molecule has 10 heteroatoms. The third-order valence-electron chi connectivity index (χ3n) is 2.84. The molecule has 2 aromatic rings. The van der Waals surface area contributed by atoms with Crippen LogP contribution in [0.15, 0.2) is 28.5 Å². The minimum Gasteiger partial charge on any atom is -0.504 e. The number of phenols is 1. The molecule has 1 heterocycles. The van der Waals surface area contributed by atoms with E-state index in [0.29, 0.717) is 10.9 Å². The highest BCUT2D eigenvalue weighted by molar-refractivity contribution is 7.98. The van der Waals surface area contributed by atoms with Crippen molar-refractivity contribution in [3.8, 4) is 11.5 Å². The molecule has 23 heavy (non-hydrogen) atoms. The molecule has 8 nitrogen and oxygen atoms in total. The molecule has 1 aromatic carbocycles. The van der Waals surface area contributed by atoms with Crippen LogP contribution in [0, 0.1) is 0 Å². The molecule has 0 aliphatic rings. The van der Waals surface area contributed by atoms with Gasteiger partial charge in [0.1, 0.15) is 0 Å². The first-order valence-corrected chi connectivity index (χ1v) is 8.05. The van der Waals surface area contributed by atoms with E-state index < -0.39 is 0 Å². The summed E-state index contributed by atoms with van der Waals surface area (Å²) in [7, 11) is 3.16. The molecule has 0 saturated heterocycles. The zero-order chi connectivity index (χ0) is 17.0. The fourth-order valence-electron chi connectivity index (χ4n) is 1.65. The van der Waals surface area contributed by atoms with E-state index in [4.69, 9.17) is 22.7 Å². The summed E-state index contributed by atoms with van der Waals surface area (Å²) < 4.78 is 6.39. The van der Waals surface area contributed by atoms with Gasteiger partial charge in [-0.05, 0) is 42.2 Å². The van der Waals surface area contributed by atoms with Crippen molar-refractivity contribution in [1.29, 1.82) is 0 Å². The molecule has 0 radical (unpaired) electrons. The number of hydrazone groups is 1. The van der Waals surface area contributed by atoms with Gasteiger partial charge in [-0.25, -0.2) is 5.01 Å². The SMILES string of the molecule is COc1cc(/C=N/N(C)C(=S)n2nc(SC)nc2N)ccc1O. The molecular formula is C13H16N6O2S2. The monoisotopic (exact) mass is 352 g/mol. The number of rotatable bonds is 4. The fourth-order valence-corrected chi connectivity index (χ4v) is 2.18. The Balaban J connectivity index is 2.15. The summed E-state index contributed by atoms with van der Waals surface area (Å²) in [6, 6.07) is 4.89. The van der Waals surface area contributed by atoms with Crippen LogP contribution in [0.4, 0.5) is 5.95 Å². The first-order chi connectivity index (χ1) is 11.0. The van der Waals surface area contributed by atoms with E-state index in [0.717, 1.165) is 5.56 Å². The summed E-state index contributed by atoms with van der Waals surface area (Å²) >= 11 is 6.67. The molecule has 122 valence electrons. The number of anilines is 1.